The third kappa shape index (κ3) is 3.83. The average molecular weight is 388 g/mol. The van der Waals surface area contributed by atoms with Crippen LogP contribution < -0.4 is 23.7 Å². The minimum atomic E-state index is -0.213. The first-order valence-electron chi connectivity index (χ1n) is 8.11. The second-order valence-corrected chi connectivity index (χ2v) is 6.51. The molecule has 0 bridgehead atoms. The highest BCUT2D eigenvalue weighted by Crippen LogP contribution is 2.41. The van der Waals surface area contributed by atoms with Crippen molar-refractivity contribution in [2.45, 2.75) is 4.90 Å². The molecule has 0 atom stereocenters. The molecule has 7 heteroatoms. The molecule has 0 amide bonds. The Morgan fingerprint density at radius 3 is 2.22 bits per heavy atom. The third-order valence-electron chi connectivity index (χ3n) is 4.11. The quantitative estimate of drug-likeness (QED) is 0.523. The van der Waals surface area contributed by atoms with Crippen LogP contribution in [0.25, 0.3) is 6.08 Å². The fourth-order valence-electron chi connectivity index (χ4n) is 2.73. The average Bonchev–Trinajstić information content (AvgIpc) is 3.17. The summed E-state index contributed by atoms with van der Waals surface area (Å²) in [6.45, 7) is 0. The van der Waals surface area contributed by atoms with E-state index in [1.165, 1.54) is 13.2 Å². The van der Waals surface area contributed by atoms with Crippen molar-refractivity contribution in [2.75, 3.05) is 34.4 Å². The molecule has 0 N–H and O–H groups in total. The summed E-state index contributed by atoms with van der Waals surface area (Å²) in [7, 11) is 6.20. The van der Waals surface area contributed by atoms with Gasteiger partial charge in [-0.15, -0.1) is 0 Å². The van der Waals surface area contributed by atoms with Gasteiger partial charge in [0.15, 0.2) is 5.78 Å². The number of hydrogen-bond acceptors (Lipinski definition) is 7. The van der Waals surface area contributed by atoms with Crippen molar-refractivity contribution >= 4 is 23.6 Å². The Morgan fingerprint density at radius 1 is 0.963 bits per heavy atom. The number of carbonyl (C=O) groups excluding carboxylic acids is 1. The molecule has 0 saturated heterocycles. The lowest BCUT2D eigenvalue weighted by Gasteiger charge is -2.12. The molecular formula is C20H20O6S. The molecule has 0 aliphatic carbocycles. The second kappa shape index (κ2) is 8.26. The molecule has 0 aromatic heterocycles. The predicted octanol–water partition coefficient (Wildman–Crippen LogP) is 4.06. The molecule has 0 saturated carbocycles. The number of benzene rings is 2. The highest BCUT2D eigenvalue weighted by molar-refractivity contribution is 7.99. The molecule has 1 heterocycles. The van der Waals surface area contributed by atoms with Gasteiger partial charge in [0.05, 0.1) is 44.5 Å². The van der Waals surface area contributed by atoms with E-state index >= 15 is 0 Å². The number of allylic oxidation sites excluding steroid dienone is 1. The smallest absolute Gasteiger partial charge is 0.189 e. The Bertz CT molecular complexity index is 865. The summed E-state index contributed by atoms with van der Waals surface area (Å²) >= 11 is 1.56. The minimum Gasteiger partial charge on any atom is -0.496 e. The van der Waals surface area contributed by atoms with E-state index in [-0.39, 0.29) is 5.78 Å². The van der Waals surface area contributed by atoms with Gasteiger partial charge in [0, 0.05) is 12.1 Å². The van der Waals surface area contributed by atoms with Gasteiger partial charge in [0.2, 0.25) is 0 Å². The molecule has 1 aliphatic heterocycles. The number of fused-ring (bicyclic) bond motifs is 1. The lowest BCUT2D eigenvalue weighted by Crippen LogP contribution is -2.00. The molecule has 0 spiro atoms. The van der Waals surface area contributed by atoms with Crippen LogP contribution in [-0.2, 0) is 0 Å². The summed E-state index contributed by atoms with van der Waals surface area (Å²) in [6, 6.07) is 6.99. The largest absolute Gasteiger partial charge is 0.496 e. The van der Waals surface area contributed by atoms with Crippen LogP contribution in [0.3, 0.4) is 0 Å². The summed E-state index contributed by atoms with van der Waals surface area (Å²) in [5.41, 5.74) is 1.07. The fourth-order valence-corrected chi connectivity index (χ4v) is 3.49. The van der Waals surface area contributed by atoms with E-state index in [1.807, 2.05) is 6.07 Å². The van der Waals surface area contributed by atoms with E-state index in [2.05, 4.69) is 0 Å². The third-order valence-corrected chi connectivity index (χ3v) is 4.98. The van der Waals surface area contributed by atoms with Crippen molar-refractivity contribution in [1.29, 1.82) is 0 Å². The Labute approximate surface area is 162 Å². The number of ketones is 1. The maximum atomic E-state index is 12.8. The molecule has 142 valence electrons. The maximum absolute atomic E-state index is 12.8. The Hall–Kier alpha value is -2.80. The van der Waals surface area contributed by atoms with E-state index < -0.39 is 0 Å². The number of hydrogen-bond donors (Lipinski definition) is 0. The summed E-state index contributed by atoms with van der Waals surface area (Å²) in [5, 5.41) is 0. The van der Waals surface area contributed by atoms with Gasteiger partial charge in [-0.2, -0.15) is 0 Å². The molecule has 0 unspecified atom stereocenters. The molecule has 6 nitrogen and oxygen atoms in total. The first-order chi connectivity index (χ1) is 13.1. The molecule has 0 fully saturated rings. The van der Waals surface area contributed by atoms with E-state index in [4.69, 9.17) is 23.7 Å². The van der Waals surface area contributed by atoms with Gasteiger partial charge in [-0.25, -0.2) is 0 Å². The first kappa shape index (κ1) is 19.0. The van der Waals surface area contributed by atoms with Crippen molar-refractivity contribution in [3.8, 4) is 28.7 Å². The molecule has 0 radical (unpaired) electrons. The summed E-state index contributed by atoms with van der Waals surface area (Å²) in [4.78, 5) is 13.7. The van der Waals surface area contributed by atoms with Gasteiger partial charge in [0.1, 0.15) is 34.7 Å². The monoisotopic (exact) mass is 388 g/mol. The molecular weight excluding hydrogens is 368 g/mol. The van der Waals surface area contributed by atoms with Crippen molar-refractivity contribution < 1.29 is 28.5 Å². The van der Waals surface area contributed by atoms with Crippen LogP contribution >= 0.6 is 11.8 Å². The number of thioether (sulfide) groups is 1. The highest BCUT2D eigenvalue weighted by Gasteiger charge is 2.20. The summed E-state index contributed by atoms with van der Waals surface area (Å²) in [6.07, 6.45) is 3.11. The van der Waals surface area contributed by atoms with Crippen molar-refractivity contribution in [2.24, 2.45) is 0 Å². The van der Waals surface area contributed by atoms with Crippen molar-refractivity contribution in [1.82, 2.24) is 0 Å². The van der Waals surface area contributed by atoms with Gasteiger partial charge >= 0.3 is 0 Å². The van der Waals surface area contributed by atoms with Crippen LogP contribution in [0.5, 0.6) is 28.7 Å². The zero-order chi connectivity index (χ0) is 19.4. The summed E-state index contributed by atoms with van der Waals surface area (Å²) < 4.78 is 26.9. The van der Waals surface area contributed by atoms with Gasteiger partial charge < -0.3 is 23.7 Å². The van der Waals surface area contributed by atoms with E-state index in [1.54, 1.807) is 57.4 Å². The lowest BCUT2D eigenvalue weighted by atomic mass is 10.1. The van der Waals surface area contributed by atoms with Gasteiger partial charge in [-0.05, 0) is 24.3 Å². The zero-order valence-corrected chi connectivity index (χ0v) is 16.3. The lowest BCUT2D eigenvalue weighted by molar-refractivity contribution is 0.104. The van der Waals surface area contributed by atoms with Crippen LogP contribution in [0.15, 0.2) is 35.2 Å². The Kier molecular flexibility index (Phi) is 5.81. The summed E-state index contributed by atoms with van der Waals surface area (Å²) in [5.74, 6) is 3.20. The van der Waals surface area contributed by atoms with Crippen LogP contribution in [0.2, 0.25) is 0 Å². The predicted molar refractivity (Wildman–Crippen MR) is 104 cm³/mol. The Balaban J connectivity index is 1.96. The van der Waals surface area contributed by atoms with Crippen LogP contribution in [0.1, 0.15) is 15.9 Å². The SMILES string of the molecule is COc1cc(OC)c(C=CC(=O)c2cc3c(cc2OC)SCO3)c(OC)c1. The zero-order valence-electron chi connectivity index (χ0n) is 15.5. The second-order valence-electron chi connectivity index (χ2n) is 5.55. The maximum Gasteiger partial charge on any atom is 0.189 e. The standard InChI is InChI=1S/C20H20O6S/c1-22-12-7-16(23-2)13(17(8-12)24-3)5-6-15(21)14-9-19-20(27-11-26-19)10-18(14)25-4/h5-10H,11H2,1-4H3. The molecule has 3 rings (SSSR count). The van der Waals surface area contributed by atoms with E-state index in [9.17, 15) is 4.79 Å². The molecule has 2 aromatic rings. The first-order valence-corrected chi connectivity index (χ1v) is 9.09. The van der Waals surface area contributed by atoms with Crippen LogP contribution in [0, 0.1) is 0 Å². The number of methoxy groups -OCH3 is 4. The topological polar surface area (TPSA) is 63.2 Å². The highest BCUT2D eigenvalue weighted by atomic mass is 32.2. The Morgan fingerprint density at radius 2 is 1.63 bits per heavy atom. The number of rotatable bonds is 7. The number of ether oxygens (including phenoxy) is 5. The van der Waals surface area contributed by atoms with Crippen LogP contribution in [-0.4, -0.2) is 40.2 Å². The van der Waals surface area contributed by atoms with Gasteiger partial charge in [0.25, 0.3) is 0 Å². The van der Waals surface area contributed by atoms with E-state index in [0.29, 0.717) is 45.8 Å². The van der Waals surface area contributed by atoms with Gasteiger partial charge in [-0.1, -0.05) is 11.8 Å². The van der Waals surface area contributed by atoms with Crippen molar-refractivity contribution in [3.63, 3.8) is 0 Å². The van der Waals surface area contributed by atoms with Crippen LogP contribution in [0.4, 0.5) is 0 Å². The molecule has 1 aliphatic rings. The normalized spacial score (nSPS) is 12.4. The van der Waals surface area contributed by atoms with E-state index in [0.717, 1.165) is 4.90 Å². The fraction of sp³-hybridized carbons (Fsp3) is 0.250. The van der Waals surface area contributed by atoms with Crippen molar-refractivity contribution in [3.05, 3.63) is 41.5 Å². The molecule has 2 aromatic carbocycles. The van der Waals surface area contributed by atoms with Gasteiger partial charge in [-0.3, -0.25) is 4.79 Å². The minimum absolute atomic E-state index is 0.213. The number of carbonyl (C=O) groups is 1. The molecule has 27 heavy (non-hydrogen) atoms.